The van der Waals surface area contributed by atoms with E-state index in [4.69, 9.17) is 16.7 Å². The van der Waals surface area contributed by atoms with Gasteiger partial charge >= 0.3 is 0 Å². The Bertz CT molecular complexity index is 318. The number of nitrogens with zero attached hydrogens (tertiary/aromatic N) is 2. The molecule has 1 N–H and O–H groups in total. The standard InChI is InChI=1S/C10H15ClN2OS/c11-10-12-9(7-15-10)5-13-3-1-2-8(4-13)6-14/h7-8,14H,1-6H2. The van der Waals surface area contributed by atoms with Crippen molar-refractivity contribution in [2.75, 3.05) is 19.7 Å². The minimum atomic E-state index is 0.300. The molecule has 0 aliphatic carbocycles. The van der Waals surface area contributed by atoms with Gasteiger partial charge in [-0.05, 0) is 25.3 Å². The number of rotatable bonds is 3. The summed E-state index contributed by atoms with van der Waals surface area (Å²) in [6, 6.07) is 0. The highest BCUT2D eigenvalue weighted by Gasteiger charge is 2.19. The van der Waals surface area contributed by atoms with Gasteiger partial charge in [0.05, 0.1) is 5.69 Å². The number of halogens is 1. The van der Waals surface area contributed by atoms with Gasteiger partial charge in [0.15, 0.2) is 4.47 Å². The van der Waals surface area contributed by atoms with Crippen molar-refractivity contribution in [2.45, 2.75) is 19.4 Å². The van der Waals surface area contributed by atoms with Gasteiger partial charge in [-0.3, -0.25) is 4.90 Å². The fourth-order valence-electron chi connectivity index (χ4n) is 2.03. The summed E-state index contributed by atoms with van der Waals surface area (Å²) in [5.41, 5.74) is 1.04. The maximum atomic E-state index is 9.12. The monoisotopic (exact) mass is 246 g/mol. The van der Waals surface area contributed by atoms with Crippen molar-refractivity contribution in [3.05, 3.63) is 15.5 Å². The first-order valence-electron chi connectivity index (χ1n) is 5.21. The second-order valence-corrected chi connectivity index (χ2v) is 5.46. The van der Waals surface area contributed by atoms with Crippen LogP contribution >= 0.6 is 22.9 Å². The zero-order chi connectivity index (χ0) is 10.7. The van der Waals surface area contributed by atoms with Crippen molar-refractivity contribution >= 4 is 22.9 Å². The van der Waals surface area contributed by atoms with Crippen LogP contribution in [0.25, 0.3) is 0 Å². The molecule has 1 atom stereocenters. The van der Waals surface area contributed by atoms with Crippen LogP contribution in [0.5, 0.6) is 0 Å². The number of aromatic nitrogens is 1. The van der Waals surface area contributed by atoms with E-state index in [9.17, 15) is 0 Å². The van der Waals surface area contributed by atoms with Crippen molar-refractivity contribution in [1.29, 1.82) is 0 Å². The molecule has 1 saturated heterocycles. The minimum absolute atomic E-state index is 0.300. The Kier molecular flexibility index (Phi) is 3.97. The molecular weight excluding hydrogens is 232 g/mol. The molecule has 3 nitrogen and oxygen atoms in total. The van der Waals surface area contributed by atoms with Crippen LogP contribution in [0, 0.1) is 5.92 Å². The third-order valence-corrected chi connectivity index (χ3v) is 3.80. The Balaban J connectivity index is 1.88. The normalized spacial score (nSPS) is 23.2. The van der Waals surface area contributed by atoms with Crippen LogP contribution in [-0.2, 0) is 6.54 Å². The zero-order valence-corrected chi connectivity index (χ0v) is 10.1. The molecule has 0 spiro atoms. The summed E-state index contributed by atoms with van der Waals surface area (Å²) in [5.74, 6) is 0.438. The molecule has 1 unspecified atom stereocenters. The molecule has 2 heterocycles. The summed E-state index contributed by atoms with van der Waals surface area (Å²) in [4.78, 5) is 6.58. The Morgan fingerprint density at radius 1 is 1.67 bits per heavy atom. The number of aliphatic hydroxyl groups excluding tert-OH is 1. The summed E-state index contributed by atoms with van der Waals surface area (Å²) in [5, 5.41) is 11.1. The lowest BCUT2D eigenvalue weighted by molar-refractivity contribution is 0.115. The van der Waals surface area contributed by atoms with Crippen LogP contribution in [0.4, 0.5) is 0 Å². The van der Waals surface area contributed by atoms with E-state index in [1.807, 2.05) is 5.38 Å². The molecule has 0 radical (unpaired) electrons. The Morgan fingerprint density at radius 2 is 2.53 bits per heavy atom. The van der Waals surface area contributed by atoms with Gasteiger partial charge in [-0.15, -0.1) is 11.3 Å². The van der Waals surface area contributed by atoms with E-state index in [0.29, 0.717) is 17.0 Å². The molecule has 1 aliphatic heterocycles. The van der Waals surface area contributed by atoms with Crippen LogP contribution in [0.3, 0.4) is 0 Å². The number of aliphatic hydroxyl groups is 1. The molecule has 0 aromatic carbocycles. The maximum Gasteiger partial charge on any atom is 0.183 e. The fraction of sp³-hybridized carbons (Fsp3) is 0.700. The first-order valence-corrected chi connectivity index (χ1v) is 6.47. The van der Waals surface area contributed by atoms with E-state index in [-0.39, 0.29) is 0 Å². The Labute approximate surface area is 98.7 Å². The first kappa shape index (κ1) is 11.3. The van der Waals surface area contributed by atoms with Gasteiger partial charge in [0.2, 0.25) is 0 Å². The molecule has 1 aliphatic rings. The number of hydrogen-bond donors (Lipinski definition) is 1. The lowest BCUT2D eigenvalue weighted by Crippen LogP contribution is -2.36. The number of thiazole rings is 1. The molecular formula is C10H15ClN2OS. The summed E-state index contributed by atoms with van der Waals surface area (Å²) >= 11 is 7.26. The molecule has 1 aromatic rings. The van der Waals surface area contributed by atoms with Crippen LogP contribution in [0.15, 0.2) is 5.38 Å². The number of likely N-dealkylation sites (tertiary alicyclic amines) is 1. The molecule has 5 heteroatoms. The van der Waals surface area contributed by atoms with Gasteiger partial charge in [-0.25, -0.2) is 4.98 Å². The smallest absolute Gasteiger partial charge is 0.183 e. The van der Waals surface area contributed by atoms with E-state index in [1.165, 1.54) is 17.8 Å². The van der Waals surface area contributed by atoms with Gasteiger partial charge in [-0.1, -0.05) is 11.6 Å². The topological polar surface area (TPSA) is 36.4 Å². The number of hydrogen-bond acceptors (Lipinski definition) is 4. The SMILES string of the molecule is OCC1CCCN(Cc2csc(Cl)n2)C1. The third-order valence-electron chi connectivity index (χ3n) is 2.77. The van der Waals surface area contributed by atoms with Crippen molar-refractivity contribution in [3.8, 4) is 0 Å². The van der Waals surface area contributed by atoms with E-state index in [0.717, 1.165) is 31.7 Å². The maximum absolute atomic E-state index is 9.12. The van der Waals surface area contributed by atoms with Crippen molar-refractivity contribution in [1.82, 2.24) is 9.88 Å². The van der Waals surface area contributed by atoms with Crippen LogP contribution < -0.4 is 0 Å². The van der Waals surface area contributed by atoms with Gasteiger partial charge in [0, 0.05) is 25.1 Å². The Hall–Kier alpha value is -0.160. The molecule has 0 amide bonds. The molecule has 15 heavy (non-hydrogen) atoms. The minimum Gasteiger partial charge on any atom is -0.396 e. The molecule has 84 valence electrons. The molecule has 0 bridgehead atoms. The van der Waals surface area contributed by atoms with E-state index < -0.39 is 0 Å². The summed E-state index contributed by atoms with van der Waals surface area (Å²) in [7, 11) is 0. The summed E-state index contributed by atoms with van der Waals surface area (Å²) in [6.07, 6.45) is 2.31. The molecule has 0 saturated carbocycles. The van der Waals surface area contributed by atoms with Crippen LogP contribution in [0.2, 0.25) is 4.47 Å². The first-order chi connectivity index (χ1) is 7.28. The van der Waals surface area contributed by atoms with Crippen molar-refractivity contribution in [3.63, 3.8) is 0 Å². The predicted octanol–water partition coefficient (Wildman–Crippen LogP) is 2.00. The van der Waals surface area contributed by atoms with Gasteiger partial charge < -0.3 is 5.11 Å². The zero-order valence-electron chi connectivity index (χ0n) is 8.53. The molecule has 2 rings (SSSR count). The summed E-state index contributed by atoms with van der Waals surface area (Å²) < 4.78 is 0.612. The van der Waals surface area contributed by atoms with Gasteiger partial charge in [-0.2, -0.15) is 0 Å². The largest absolute Gasteiger partial charge is 0.396 e. The van der Waals surface area contributed by atoms with E-state index in [2.05, 4.69) is 9.88 Å². The van der Waals surface area contributed by atoms with Gasteiger partial charge in [0.25, 0.3) is 0 Å². The van der Waals surface area contributed by atoms with Gasteiger partial charge in [0.1, 0.15) is 0 Å². The second-order valence-electron chi connectivity index (χ2n) is 4.02. The summed E-state index contributed by atoms with van der Waals surface area (Å²) in [6.45, 7) is 3.24. The van der Waals surface area contributed by atoms with E-state index >= 15 is 0 Å². The molecule has 1 aromatic heterocycles. The quantitative estimate of drug-likeness (QED) is 0.886. The average Bonchev–Trinajstić information content (AvgIpc) is 2.64. The highest BCUT2D eigenvalue weighted by Crippen LogP contribution is 2.20. The lowest BCUT2D eigenvalue weighted by Gasteiger charge is -2.31. The highest BCUT2D eigenvalue weighted by atomic mass is 35.5. The second kappa shape index (κ2) is 5.25. The highest BCUT2D eigenvalue weighted by molar-refractivity contribution is 7.13. The van der Waals surface area contributed by atoms with Crippen LogP contribution in [0.1, 0.15) is 18.5 Å². The van der Waals surface area contributed by atoms with Crippen LogP contribution in [-0.4, -0.2) is 34.7 Å². The van der Waals surface area contributed by atoms with E-state index in [1.54, 1.807) is 0 Å². The fourth-order valence-corrected chi connectivity index (χ4v) is 2.80. The lowest BCUT2D eigenvalue weighted by atomic mass is 9.99. The predicted molar refractivity (Wildman–Crippen MR) is 62.2 cm³/mol. The molecule has 1 fully saturated rings. The third kappa shape index (κ3) is 3.14. The van der Waals surface area contributed by atoms with Crippen molar-refractivity contribution in [2.24, 2.45) is 5.92 Å². The number of piperidine rings is 1. The average molecular weight is 247 g/mol. The van der Waals surface area contributed by atoms with Crippen molar-refractivity contribution < 1.29 is 5.11 Å². The Morgan fingerprint density at radius 3 is 3.20 bits per heavy atom.